The zero-order valence-corrected chi connectivity index (χ0v) is 17.0. The molecular weight excluding hydrogens is 356 g/mol. The number of hydrogen-bond donors (Lipinski definition) is 1. The highest BCUT2D eigenvalue weighted by molar-refractivity contribution is 8.00. The number of nitrogens with zero attached hydrogens (tertiary/aromatic N) is 2. The van der Waals surface area contributed by atoms with Crippen LogP contribution >= 0.6 is 11.9 Å². The minimum Gasteiger partial charge on any atom is -0.459 e. The summed E-state index contributed by atoms with van der Waals surface area (Å²) in [5.74, 6) is 0.00534. The maximum Gasteiger partial charge on any atom is 0.318 e. The van der Waals surface area contributed by atoms with E-state index in [9.17, 15) is 8.78 Å². The van der Waals surface area contributed by atoms with Crippen molar-refractivity contribution in [2.24, 2.45) is 0 Å². The maximum atomic E-state index is 13.4. The first-order valence-electron chi connectivity index (χ1n) is 8.79. The molecule has 4 nitrogen and oxygen atoms in total. The van der Waals surface area contributed by atoms with Crippen LogP contribution in [0.1, 0.15) is 54.5 Å². The number of anilines is 1. The van der Waals surface area contributed by atoms with Crippen molar-refractivity contribution in [2.75, 3.05) is 10.5 Å². The fraction of sp³-hybridized carbons (Fsp3) is 0.474. The molecule has 0 aliphatic rings. The van der Waals surface area contributed by atoms with Crippen molar-refractivity contribution in [2.45, 2.75) is 54.1 Å². The summed E-state index contributed by atoms with van der Waals surface area (Å²) in [4.78, 5) is 7.68. The van der Waals surface area contributed by atoms with Crippen LogP contribution in [0.2, 0.25) is 0 Å². The lowest BCUT2D eigenvalue weighted by Gasteiger charge is -2.07. The van der Waals surface area contributed by atoms with Crippen LogP contribution in [0.15, 0.2) is 30.5 Å². The second-order valence-corrected chi connectivity index (χ2v) is 6.28. The van der Waals surface area contributed by atoms with Crippen molar-refractivity contribution in [3.8, 4) is 6.01 Å². The number of halogens is 2. The third-order valence-corrected chi connectivity index (χ3v) is 2.94. The number of ether oxygens (including phenoxy) is 1. The van der Waals surface area contributed by atoms with Gasteiger partial charge in [-0.3, -0.25) is 0 Å². The molecule has 0 aliphatic heterocycles. The van der Waals surface area contributed by atoms with E-state index in [0.29, 0.717) is 0 Å². The van der Waals surface area contributed by atoms with Crippen LogP contribution in [0.25, 0.3) is 0 Å². The zero-order valence-electron chi connectivity index (χ0n) is 16.2. The number of rotatable bonds is 6. The molecule has 0 aliphatic carbocycles. The topological polar surface area (TPSA) is 47.0 Å². The molecular formula is C19H31F2N3OS. The molecule has 2 aromatic rings. The summed E-state index contributed by atoms with van der Waals surface area (Å²) in [5, 5.41) is 0. The Kier molecular flexibility index (Phi) is 14.3. The van der Waals surface area contributed by atoms with E-state index in [1.165, 1.54) is 36.9 Å². The Labute approximate surface area is 161 Å². The van der Waals surface area contributed by atoms with Crippen molar-refractivity contribution in [1.29, 1.82) is 0 Å². The molecule has 0 saturated heterocycles. The predicted octanol–water partition coefficient (Wildman–Crippen LogP) is 6.49. The lowest BCUT2D eigenvalue weighted by atomic mass is 10.2. The van der Waals surface area contributed by atoms with Gasteiger partial charge >= 0.3 is 6.01 Å². The molecule has 1 aromatic carbocycles. The van der Waals surface area contributed by atoms with Crippen molar-refractivity contribution in [1.82, 2.24) is 9.97 Å². The van der Waals surface area contributed by atoms with E-state index >= 15 is 0 Å². The number of benzene rings is 1. The zero-order chi connectivity index (χ0) is 19.8. The van der Waals surface area contributed by atoms with Crippen LogP contribution in [0, 0.1) is 11.6 Å². The van der Waals surface area contributed by atoms with Gasteiger partial charge in [0.05, 0.1) is 6.20 Å². The molecule has 0 radical (unpaired) electrons. The van der Waals surface area contributed by atoms with Gasteiger partial charge in [-0.1, -0.05) is 71.5 Å². The van der Waals surface area contributed by atoms with Gasteiger partial charge < -0.3 is 9.46 Å². The molecule has 0 unspecified atom stereocenters. The van der Waals surface area contributed by atoms with Crippen LogP contribution < -0.4 is 9.46 Å². The number of aromatic nitrogens is 2. The quantitative estimate of drug-likeness (QED) is 0.574. The summed E-state index contributed by atoms with van der Waals surface area (Å²) in [7, 11) is 0. The van der Waals surface area contributed by atoms with E-state index in [1.807, 2.05) is 6.92 Å². The molecule has 0 bridgehead atoms. The highest BCUT2D eigenvalue weighted by atomic mass is 32.2. The van der Waals surface area contributed by atoms with Gasteiger partial charge in [0, 0.05) is 7.18 Å². The molecule has 148 valence electrons. The summed E-state index contributed by atoms with van der Waals surface area (Å²) in [6.45, 7) is 10.6. The van der Waals surface area contributed by atoms with Gasteiger partial charge in [0.2, 0.25) is 0 Å². The van der Waals surface area contributed by atoms with Crippen molar-refractivity contribution in [3.05, 3.63) is 47.7 Å². The van der Waals surface area contributed by atoms with Crippen LogP contribution in [-0.4, -0.2) is 15.7 Å². The van der Waals surface area contributed by atoms with E-state index in [-0.39, 0.29) is 25.7 Å². The Bertz CT molecular complexity index is 602. The van der Waals surface area contributed by atoms with Gasteiger partial charge in [0.15, 0.2) is 11.6 Å². The first-order chi connectivity index (χ1) is 12.5. The monoisotopic (exact) mass is 387 g/mol. The van der Waals surface area contributed by atoms with Gasteiger partial charge in [0.1, 0.15) is 12.4 Å². The van der Waals surface area contributed by atoms with Gasteiger partial charge in [0.25, 0.3) is 0 Å². The maximum absolute atomic E-state index is 13.4. The molecule has 2 rings (SSSR count). The molecule has 26 heavy (non-hydrogen) atoms. The third kappa shape index (κ3) is 10.9. The Balaban J connectivity index is 0. The van der Waals surface area contributed by atoms with Gasteiger partial charge in [-0.05, 0) is 17.7 Å². The van der Waals surface area contributed by atoms with Crippen LogP contribution in [0.3, 0.4) is 0 Å². The summed E-state index contributed by atoms with van der Waals surface area (Å²) in [5.41, 5.74) is 0.775. The van der Waals surface area contributed by atoms with Crippen LogP contribution in [0.4, 0.5) is 14.6 Å². The highest BCUT2D eigenvalue weighted by Gasteiger charge is 2.07. The van der Waals surface area contributed by atoms with Crippen LogP contribution in [-0.2, 0) is 6.61 Å². The van der Waals surface area contributed by atoms with Gasteiger partial charge in [-0.15, -0.1) is 0 Å². The van der Waals surface area contributed by atoms with E-state index in [1.54, 1.807) is 12.1 Å². The Morgan fingerprint density at radius 1 is 1.04 bits per heavy atom. The molecule has 0 atom stereocenters. The minimum absolute atomic E-state index is 0. The number of hydrogen-bond acceptors (Lipinski definition) is 5. The summed E-state index contributed by atoms with van der Waals surface area (Å²) in [6, 6.07) is 5.95. The van der Waals surface area contributed by atoms with E-state index < -0.39 is 5.82 Å². The van der Waals surface area contributed by atoms with E-state index in [4.69, 9.17) is 4.74 Å². The highest BCUT2D eigenvalue weighted by Crippen LogP contribution is 2.17. The predicted molar refractivity (Wildman–Crippen MR) is 109 cm³/mol. The molecule has 1 heterocycles. The lowest BCUT2D eigenvalue weighted by Crippen LogP contribution is -2.03. The molecule has 7 heteroatoms. The van der Waals surface area contributed by atoms with Crippen LogP contribution in [0.5, 0.6) is 6.01 Å². The fourth-order valence-electron chi connectivity index (χ4n) is 1.36. The molecule has 1 aromatic heterocycles. The standard InChI is InChI=1S/C13H13F2N3OS.2C3H8.H2/c1-2-20-18-12-11(15)7-16-13(17-12)19-8-9-3-5-10(14)6-4-9;2*1-3-2;/h3-7H,2,8H2,1H3,(H,16,17,18);2*3H2,1-2H3;1H. The smallest absolute Gasteiger partial charge is 0.318 e. The SMILES string of the molecule is CCC.CCC.CCSNc1nc(OCc2ccc(F)cc2)ncc1F.[HH]. The Hall–Kier alpha value is -1.89. The Morgan fingerprint density at radius 2 is 1.62 bits per heavy atom. The van der Waals surface area contributed by atoms with Crippen molar-refractivity contribution < 1.29 is 14.9 Å². The molecule has 0 saturated carbocycles. The lowest BCUT2D eigenvalue weighted by molar-refractivity contribution is 0.280. The first-order valence-corrected chi connectivity index (χ1v) is 9.78. The van der Waals surface area contributed by atoms with Gasteiger partial charge in [-0.25, -0.2) is 13.8 Å². The summed E-state index contributed by atoms with van der Waals surface area (Å²) < 4.78 is 34.3. The minimum atomic E-state index is -0.542. The van der Waals surface area contributed by atoms with Gasteiger partial charge in [-0.2, -0.15) is 4.98 Å². The summed E-state index contributed by atoms with van der Waals surface area (Å²) in [6.07, 6.45) is 3.55. The largest absolute Gasteiger partial charge is 0.459 e. The second-order valence-electron chi connectivity index (χ2n) is 5.21. The van der Waals surface area contributed by atoms with Crippen molar-refractivity contribution in [3.63, 3.8) is 0 Å². The van der Waals surface area contributed by atoms with E-state index in [0.717, 1.165) is 17.5 Å². The average Bonchev–Trinajstić information content (AvgIpc) is 2.62. The molecule has 1 N–H and O–H groups in total. The Morgan fingerprint density at radius 3 is 2.15 bits per heavy atom. The normalized spacial score (nSPS) is 9.35. The first kappa shape index (κ1) is 24.1. The summed E-state index contributed by atoms with van der Waals surface area (Å²) >= 11 is 1.32. The molecule has 0 fully saturated rings. The second kappa shape index (κ2) is 15.4. The third-order valence-electron chi connectivity index (χ3n) is 2.32. The molecule has 0 spiro atoms. The fourth-order valence-corrected chi connectivity index (χ4v) is 1.79. The van der Waals surface area contributed by atoms with Crippen molar-refractivity contribution >= 4 is 17.8 Å². The van der Waals surface area contributed by atoms with E-state index in [2.05, 4.69) is 42.4 Å². The number of nitrogens with one attached hydrogen (secondary N) is 1. The molecule has 0 amide bonds. The average molecular weight is 388 g/mol.